The van der Waals surface area contributed by atoms with E-state index in [0.29, 0.717) is 0 Å². The van der Waals surface area contributed by atoms with Gasteiger partial charge in [-0.1, -0.05) is 30.3 Å². The van der Waals surface area contributed by atoms with Gasteiger partial charge in [-0.05, 0) is 31.0 Å². The van der Waals surface area contributed by atoms with Crippen LogP contribution in [0, 0.1) is 6.92 Å². The minimum absolute atomic E-state index is 0. The molecular weight excluding hydrogens is 393 g/mol. The fourth-order valence-electron chi connectivity index (χ4n) is 1.94. The lowest BCUT2D eigenvalue weighted by atomic mass is 10.1. The second-order valence-electron chi connectivity index (χ2n) is 4.60. The lowest BCUT2D eigenvalue weighted by Gasteiger charge is -2.11. The standard InChI is InChI=1S/C16H21N3S.HI/c1-13-8-9-15(20-13)12-19-16(17-2)18-11-10-14-6-4-3-5-7-14;/h3-9H,10-12H2,1-2H3,(H2,17,18,19);1H. The van der Waals surface area contributed by atoms with Crippen molar-refractivity contribution in [2.75, 3.05) is 13.6 Å². The van der Waals surface area contributed by atoms with E-state index in [0.717, 1.165) is 25.5 Å². The second-order valence-corrected chi connectivity index (χ2v) is 5.97. The molecule has 0 saturated heterocycles. The molecule has 0 bridgehead atoms. The quantitative estimate of drug-likeness (QED) is 0.445. The summed E-state index contributed by atoms with van der Waals surface area (Å²) >= 11 is 1.82. The highest BCUT2D eigenvalue weighted by Crippen LogP contribution is 2.14. The SMILES string of the molecule is CN=C(NCCc1ccccc1)NCc1ccc(C)s1.I. The third-order valence-electron chi connectivity index (χ3n) is 3.00. The molecule has 1 aromatic carbocycles. The third-order valence-corrected chi connectivity index (χ3v) is 4.00. The Hall–Kier alpha value is -1.08. The van der Waals surface area contributed by atoms with Crippen LogP contribution < -0.4 is 10.6 Å². The maximum Gasteiger partial charge on any atom is 0.191 e. The number of rotatable bonds is 5. The van der Waals surface area contributed by atoms with E-state index < -0.39 is 0 Å². The molecule has 21 heavy (non-hydrogen) atoms. The van der Waals surface area contributed by atoms with E-state index in [-0.39, 0.29) is 24.0 Å². The molecule has 3 nitrogen and oxygen atoms in total. The van der Waals surface area contributed by atoms with Gasteiger partial charge in [0.15, 0.2) is 5.96 Å². The zero-order chi connectivity index (χ0) is 14.2. The van der Waals surface area contributed by atoms with Crippen molar-refractivity contribution in [1.29, 1.82) is 0 Å². The molecule has 1 aromatic heterocycles. The molecule has 0 aliphatic heterocycles. The minimum atomic E-state index is 0. The molecule has 2 rings (SSSR count). The van der Waals surface area contributed by atoms with Crippen LogP contribution >= 0.6 is 35.3 Å². The summed E-state index contributed by atoms with van der Waals surface area (Å²) in [4.78, 5) is 6.91. The van der Waals surface area contributed by atoms with E-state index in [1.165, 1.54) is 15.3 Å². The van der Waals surface area contributed by atoms with Gasteiger partial charge in [-0.3, -0.25) is 4.99 Å². The molecule has 0 aliphatic rings. The van der Waals surface area contributed by atoms with Crippen molar-refractivity contribution >= 4 is 41.3 Å². The van der Waals surface area contributed by atoms with Gasteiger partial charge in [-0.15, -0.1) is 35.3 Å². The maximum atomic E-state index is 4.24. The normalized spacial score (nSPS) is 10.9. The van der Waals surface area contributed by atoms with Gasteiger partial charge in [0.05, 0.1) is 6.54 Å². The Kier molecular flexibility index (Phi) is 8.37. The monoisotopic (exact) mass is 415 g/mol. The summed E-state index contributed by atoms with van der Waals surface area (Å²) in [5.74, 6) is 0.854. The van der Waals surface area contributed by atoms with E-state index in [2.05, 4.69) is 58.9 Å². The summed E-state index contributed by atoms with van der Waals surface area (Å²) in [5, 5.41) is 6.67. The first-order valence-electron chi connectivity index (χ1n) is 6.81. The molecule has 0 spiro atoms. The number of hydrogen-bond donors (Lipinski definition) is 2. The van der Waals surface area contributed by atoms with E-state index in [4.69, 9.17) is 0 Å². The van der Waals surface area contributed by atoms with Crippen LogP contribution in [0.15, 0.2) is 47.5 Å². The number of nitrogens with one attached hydrogen (secondary N) is 2. The Labute approximate surface area is 147 Å². The molecule has 2 aromatic rings. The van der Waals surface area contributed by atoms with Crippen molar-refractivity contribution in [1.82, 2.24) is 10.6 Å². The van der Waals surface area contributed by atoms with Crippen molar-refractivity contribution in [3.8, 4) is 0 Å². The molecule has 0 saturated carbocycles. The molecule has 1 heterocycles. The Bertz CT molecular complexity index is 552. The number of thiophene rings is 1. The fourth-order valence-corrected chi connectivity index (χ4v) is 2.77. The number of nitrogens with zero attached hydrogens (tertiary/aromatic N) is 1. The number of aliphatic imine (C=N–C) groups is 1. The Morgan fingerprint density at radius 1 is 1.10 bits per heavy atom. The number of guanidine groups is 1. The highest BCUT2D eigenvalue weighted by Gasteiger charge is 2.00. The molecule has 0 fully saturated rings. The molecule has 5 heteroatoms. The van der Waals surface area contributed by atoms with Crippen LogP contribution in [0.5, 0.6) is 0 Å². The predicted octanol–water partition coefficient (Wildman–Crippen LogP) is 3.58. The highest BCUT2D eigenvalue weighted by atomic mass is 127. The van der Waals surface area contributed by atoms with Gasteiger partial charge in [0, 0.05) is 23.3 Å². The largest absolute Gasteiger partial charge is 0.356 e. The van der Waals surface area contributed by atoms with Gasteiger partial charge in [-0.2, -0.15) is 0 Å². The summed E-state index contributed by atoms with van der Waals surface area (Å²) in [6.07, 6.45) is 1.000. The van der Waals surface area contributed by atoms with Crippen LogP contribution in [-0.2, 0) is 13.0 Å². The van der Waals surface area contributed by atoms with Crippen LogP contribution in [0.2, 0.25) is 0 Å². The summed E-state index contributed by atoms with van der Waals surface area (Å²) in [7, 11) is 1.80. The van der Waals surface area contributed by atoms with E-state index >= 15 is 0 Å². The number of hydrogen-bond acceptors (Lipinski definition) is 2. The first kappa shape index (κ1) is 18.0. The summed E-state index contributed by atoms with van der Waals surface area (Å²) < 4.78 is 0. The lowest BCUT2D eigenvalue weighted by molar-refractivity contribution is 0.799. The fraction of sp³-hybridized carbons (Fsp3) is 0.312. The second kappa shape index (κ2) is 9.78. The molecule has 0 radical (unpaired) electrons. The molecule has 0 unspecified atom stereocenters. The summed E-state index contributed by atoms with van der Waals surface area (Å²) in [6, 6.07) is 14.8. The first-order valence-corrected chi connectivity index (χ1v) is 7.63. The van der Waals surface area contributed by atoms with Crippen LogP contribution in [0.3, 0.4) is 0 Å². The van der Waals surface area contributed by atoms with Crippen LogP contribution in [0.25, 0.3) is 0 Å². The van der Waals surface area contributed by atoms with Gasteiger partial charge in [-0.25, -0.2) is 0 Å². The van der Waals surface area contributed by atoms with Crippen LogP contribution in [0.1, 0.15) is 15.3 Å². The van der Waals surface area contributed by atoms with Crippen molar-refractivity contribution < 1.29 is 0 Å². The maximum absolute atomic E-state index is 4.24. The Morgan fingerprint density at radius 2 is 1.86 bits per heavy atom. The van der Waals surface area contributed by atoms with Gasteiger partial charge in [0.25, 0.3) is 0 Å². The van der Waals surface area contributed by atoms with Crippen LogP contribution in [0.4, 0.5) is 0 Å². The molecule has 0 aliphatic carbocycles. The average Bonchev–Trinajstić information content (AvgIpc) is 2.89. The third kappa shape index (κ3) is 6.48. The molecule has 0 atom stereocenters. The minimum Gasteiger partial charge on any atom is -0.356 e. The van der Waals surface area contributed by atoms with Crippen molar-refractivity contribution in [2.24, 2.45) is 4.99 Å². The van der Waals surface area contributed by atoms with E-state index in [9.17, 15) is 0 Å². The number of halogens is 1. The molecule has 114 valence electrons. The lowest BCUT2D eigenvalue weighted by Crippen LogP contribution is -2.37. The topological polar surface area (TPSA) is 36.4 Å². The van der Waals surface area contributed by atoms with Gasteiger partial charge < -0.3 is 10.6 Å². The smallest absolute Gasteiger partial charge is 0.191 e. The Balaban J connectivity index is 0.00000220. The van der Waals surface area contributed by atoms with Crippen LogP contribution in [-0.4, -0.2) is 19.6 Å². The molecular formula is C16H22IN3S. The van der Waals surface area contributed by atoms with Gasteiger partial charge >= 0.3 is 0 Å². The van der Waals surface area contributed by atoms with Gasteiger partial charge in [0.2, 0.25) is 0 Å². The molecule has 0 amide bonds. The predicted molar refractivity (Wildman–Crippen MR) is 103 cm³/mol. The van der Waals surface area contributed by atoms with Gasteiger partial charge in [0.1, 0.15) is 0 Å². The summed E-state index contributed by atoms with van der Waals surface area (Å²) in [5.41, 5.74) is 1.34. The zero-order valence-corrected chi connectivity index (χ0v) is 15.6. The van der Waals surface area contributed by atoms with Crippen molar-refractivity contribution in [3.05, 3.63) is 57.8 Å². The van der Waals surface area contributed by atoms with E-state index in [1.807, 2.05) is 17.4 Å². The summed E-state index contributed by atoms with van der Waals surface area (Å²) in [6.45, 7) is 3.83. The first-order chi connectivity index (χ1) is 9.78. The Morgan fingerprint density at radius 3 is 2.48 bits per heavy atom. The van der Waals surface area contributed by atoms with Crippen molar-refractivity contribution in [3.63, 3.8) is 0 Å². The number of benzene rings is 1. The van der Waals surface area contributed by atoms with E-state index in [1.54, 1.807) is 7.05 Å². The van der Waals surface area contributed by atoms with Crippen molar-refractivity contribution in [2.45, 2.75) is 19.9 Å². The average molecular weight is 415 g/mol. The zero-order valence-electron chi connectivity index (χ0n) is 12.4. The highest BCUT2D eigenvalue weighted by molar-refractivity contribution is 14.0. The molecule has 2 N–H and O–H groups in total. The number of aryl methyl sites for hydroxylation is 1.